The Hall–Kier alpha value is -1.23. The standard InChI is InChI=1S/C20H28O4/c1-6-19(4)15(22)9-12-11(16(19)23)7-8-14-18(2,3)17(24)13(21)10-20(12,14)5/h6-7,9,13-14,16-17,21,23-24H,1,8,10H2,2-5H3/t13-,14-,16-,17+,19+,20+/m1/s1. The lowest BCUT2D eigenvalue weighted by atomic mass is 9.47. The molecule has 1 fully saturated rings. The van der Waals surface area contributed by atoms with Gasteiger partial charge in [0.25, 0.3) is 0 Å². The molecule has 4 heteroatoms. The number of aliphatic hydroxyl groups excluding tert-OH is 3. The summed E-state index contributed by atoms with van der Waals surface area (Å²) in [5.41, 5.74) is -0.362. The highest BCUT2D eigenvalue weighted by atomic mass is 16.3. The van der Waals surface area contributed by atoms with Gasteiger partial charge in [0.2, 0.25) is 0 Å². The summed E-state index contributed by atoms with van der Waals surface area (Å²) in [7, 11) is 0. The monoisotopic (exact) mass is 332 g/mol. The summed E-state index contributed by atoms with van der Waals surface area (Å²) in [6, 6.07) is 0. The zero-order chi connectivity index (χ0) is 18.1. The predicted molar refractivity (Wildman–Crippen MR) is 92.1 cm³/mol. The number of ketones is 1. The number of fused-ring (bicyclic) bond motifs is 3. The fourth-order valence-corrected chi connectivity index (χ4v) is 5.22. The normalized spacial score (nSPS) is 47.2. The van der Waals surface area contributed by atoms with Crippen LogP contribution in [0, 0.1) is 22.2 Å². The average molecular weight is 332 g/mol. The zero-order valence-electron chi connectivity index (χ0n) is 14.9. The molecule has 3 aliphatic rings. The average Bonchev–Trinajstić information content (AvgIpc) is 2.51. The van der Waals surface area contributed by atoms with Crippen LogP contribution in [0.3, 0.4) is 0 Å². The highest BCUT2D eigenvalue weighted by Crippen LogP contribution is 2.61. The van der Waals surface area contributed by atoms with Gasteiger partial charge in [-0.05, 0) is 53.7 Å². The third-order valence-corrected chi connectivity index (χ3v) is 7.02. The molecule has 0 amide bonds. The van der Waals surface area contributed by atoms with Crippen molar-refractivity contribution in [1.82, 2.24) is 0 Å². The summed E-state index contributed by atoms with van der Waals surface area (Å²) < 4.78 is 0. The van der Waals surface area contributed by atoms with Crippen molar-refractivity contribution in [3.8, 4) is 0 Å². The molecular weight excluding hydrogens is 304 g/mol. The molecule has 132 valence electrons. The maximum Gasteiger partial charge on any atom is 0.168 e. The van der Waals surface area contributed by atoms with Crippen molar-refractivity contribution in [2.45, 2.75) is 58.8 Å². The van der Waals surface area contributed by atoms with Gasteiger partial charge in [0.1, 0.15) is 0 Å². The molecular formula is C20H28O4. The van der Waals surface area contributed by atoms with Gasteiger partial charge >= 0.3 is 0 Å². The van der Waals surface area contributed by atoms with Gasteiger partial charge in [0, 0.05) is 0 Å². The van der Waals surface area contributed by atoms with Crippen molar-refractivity contribution in [2.75, 3.05) is 0 Å². The van der Waals surface area contributed by atoms with Crippen molar-refractivity contribution < 1.29 is 20.1 Å². The van der Waals surface area contributed by atoms with E-state index in [2.05, 4.69) is 6.58 Å². The lowest BCUT2D eigenvalue weighted by molar-refractivity contribution is -0.152. The molecule has 3 N–H and O–H groups in total. The minimum atomic E-state index is -1.01. The van der Waals surface area contributed by atoms with E-state index in [9.17, 15) is 20.1 Å². The third-order valence-electron chi connectivity index (χ3n) is 7.02. The first-order valence-corrected chi connectivity index (χ1v) is 8.65. The first-order valence-electron chi connectivity index (χ1n) is 8.65. The Morgan fingerprint density at radius 3 is 2.42 bits per heavy atom. The molecule has 0 aromatic rings. The fraction of sp³-hybridized carbons (Fsp3) is 0.650. The van der Waals surface area contributed by atoms with Crippen LogP contribution in [0.15, 0.2) is 36.0 Å². The van der Waals surface area contributed by atoms with Crippen molar-refractivity contribution >= 4 is 5.78 Å². The third kappa shape index (κ3) is 2.00. The lowest BCUT2D eigenvalue weighted by Crippen LogP contribution is -2.59. The van der Waals surface area contributed by atoms with E-state index in [0.717, 1.165) is 11.1 Å². The van der Waals surface area contributed by atoms with Crippen LogP contribution in [0.2, 0.25) is 0 Å². The van der Waals surface area contributed by atoms with Crippen molar-refractivity contribution in [1.29, 1.82) is 0 Å². The highest BCUT2D eigenvalue weighted by molar-refractivity contribution is 6.00. The SMILES string of the molecule is C=C[C@@]1(C)C(=O)C=C2C(=CC[C@@H]3C(C)(C)[C@@H](O)[C@H](O)C[C@@]23C)[C@H]1O. The lowest BCUT2D eigenvalue weighted by Gasteiger charge is -2.59. The van der Waals surface area contributed by atoms with Crippen LogP contribution in [0.4, 0.5) is 0 Å². The molecule has 3 rings (SSSR count). The number of carbonyl (C=O) groups is 1. The summed E-state index contributed by atoms with van der Waals surface area (Å²) in [5.74, 6) is -0.0658. The molecule has 0 spiro atoms. The van der Waals surface area contributed by atoms with Crippen LogP contribution in [0.25, 0.3) is 0 Å². The van der Waals surface area contributed by atoms with Crippen LogP contribution in [0.5, 0.6) is 0 Å². The van der Waals surface area contributed by atoms with Crippen LogP contribution in [-0.4, -0.2) is 39.4 Å². The van der Waals surface area contributed by atoms with Crippen molar-refractivity contribution in [2.24, 2.45) is 22.2 Å². The highest BCUT2D eigenvalue weighted by Gasteiger charge is 2.59. The molecule has 1 saturated carbocycles. The Kier molecular flexibility index (Phi) is 3.76. The van der Waals surface area contributed by atoms with E-state index >= 15 is 0 Å². The number of allylic oxidation sites excluding steroid dienone is 2. The second-order valence-corrected chi connectivity index (χ2v) is 8.71. The Bertz CT molecular complexity index is 659. The first-order chi connectivity index (χ1) is 11.0. The molecule has 6 atom stereocenters. The molecule has 0 saturated heterocycles. The number of hydrogen-bond donors (Lipinski definition) is 3. The molecule has 0 heterocycles. The molecule has 0 aromatic carbocycles. The van der Waals surface area contributed by atoms with Gasteiger partial charge in [-0.25, -0.2) is 0 Å². The van der Waals surface area contributed by atoms with Crippen molar-refractivity contribution in [3.05, 3.63) is 36.0 Å². The largest absolute Gasteiger partial charge is 0.390 e. The van der Waals surface area contributed by atoms with E-state index < -0.39 is 34.6 Å². The number of carbonyl (C=O) groups excluding carboxylic acids is 1. The molecule has 0 unspecified atom stereocenters. The smallest absolute Gasteiger partial charge is 0.168 e. The van der Waals surface area contributed by atoms with Gasteiger partial charge in [0.15, 0.2) is 5.78 Å². The van der Waals surface area contributed by atoms with Gasteiger partial charge in [-0.15, -0.1) is 6.58 Å². The topological polar surface area (TPSA) is 77.8 Å². The van der Waals surface area contributed by atoms with Crippen LogP contribution in [0.1, 0.15) is 40.5 Å². The van der Waals surface area contributed by atoms with Gasteiger partial charge in [-0.1, -0.05) is 32.9 Å². The maximum absolute atomic E-state index is 12.7. The molecule has 24 heavy (non-hydrogen) atoms. The van der Waals surface area contributed by atoms with E-state index in [-0.39, 0.29) is 11.7 Å². The Balaban J connectivity index is 2.17. The number of rotatable bonds is 1. The second-order valence-electron chi connectivity index (χ2n) is 8.71. The van der Waals surface area contributed by atoms with Crippen LogP contribution >= 0.6 is 0 Å². The zero-order valence-corrected chi connectivity index (χ0v) is 14.9. The number of hydrogen-bond acceptors (Lipinski definition) is 4. The molecule has 3 aliphatic carbocycles. The summed E-state index contributed by atoms with van der Waals surface area (Å²) in [5, 5.41) is 31.7. The van der Waals surface area contributed by atoms with E-state index in [1.54, 1.807) is 13.0 Å². The number of aliphatic hydroxyl groups is 3. The first kappa shape index (κ1) is 17.6. The quantitative estimate of drug-likeness (QED) is 0.643. The van der Waals surface area contributed by atoms with Crippen LogP contribution in [-0.2, 0) is 4.79 Å². The second kappa shape index (κ2) is 5.13. The van der Waals surface area contributed by atoms with Crippen molar-refractivity contribution in [3.63, 3.8) is 0 Å². The summed E-state index contributed by atoms with van der Waals surface area (Å²) >= 11 is 0. The van der Waals surface area contributed by atoms with E-state index in [0.29, 0.717) is 12.8 Å². The van der Waals surface area contributed by atoms with Gasteiger partial charge in [-0.3, -0.25) is 4.79 Å². The van der Waals surface area contributed by atoms with Gasteiger partial charge in [0.05, 0.1) is 23.7 Å². The minimum absolute atomic E-state index is 0.0893. The molecule has 0 aliphatic heterocycles. The van der Waals surface area contributed by atoms with E-state index in [4.69, 9.17) is 0 Å². The maximum atomic E-state index is 12.7. The Morgan fingerprint density at radius 2 is 1.83 bits per heavy atom. The Labute approximate surface area is 143 Å². The van der Waals surface area contributed by atoms with E-state index in [1.807, 2.05) is 26.8 Å². The molecule has 0 radical (unpaired) electrons. The summed E-state index contributed by atoms with van der Waals surface area (Å²) in [6.45, 7) is 11.4. The molecule has 0 aromatic heterocycles. The predicted octanol–water partition coefficient (Wildman–Crippen LogP) is 2.15. The molecule has 4 nitrogen and oxygen atoms in total. The fourth-order valence-electron chi connectivity index (χ4n) is 5.22. The summed E-state index contributed by atoms with van der Waals surface area (Å²) in [6.07, 6.45) is 3.68. The van der Waals surface area contributed by atoms with Gasteiger partial charge < -0.3 is 15.3 Å². The Morgan fingerprint density at radius 1 is 1.21 bits per heavy atom. The van der Waals surface area contributed by atoms with Gasteiger partial charge in [-0.2, -0.15) is 0 Å². The van der Waals surface area contributed by atoms with Crippen LogP contribution < -0.4 is 0 Å². The summed E-state index contributed by atoms with van der Waals surface area (Å²) in [4.78, 5) is 12.7. The molecule has 0 bridgehead atoms. The minimum Gasteiger partial charge on any atom is -0.390 e. The van der Waals surface area contributed by atoms with E-state index in [1.165, 1.54) is 6.08 Å².